The van der Waals surface area contributed by atoms with E-state index in [2.05, 4.69) is 10.2 Å². The first-order chi connectivity index (χ1) is 15.1. The van der Waals surface area contributed by atoms with E-state index in [1.165, 1.54) is 32.1 Å². The molecule has 2 aromatic heterocycles. The number of benzene rings is 1. The van der Waals surface area contributed by atoms with Crippen molar-refractivity contribution in [2.45, 2.75) is 64.0 Å². The van der Waals surface area contributed by atoms with Gasteiger partial charge in [-0.05, 0) is 61.8 Å². The fourth-order valence-electron chi connectivity index (χ4n) is 4.87. The van der Waals surface area contributed by atoms with E-state index in [4.69, 9.17) is 0 Å². The summed E-state index contributed by atoms with van der Waals surface area (Å²) in [7, 11) is 1.83. The van der Waals surface area contributed by atoms with Crippen LogP contribution in [0.2, 0.25) is 0 Å². The quantitative estimate of drug-likeness (QED) is 0.631. The van der Waals surface area contributed by atoms with Gasteiger partial charge >= 0.3 is 5.69 Å². The summed E-state index contributed by atoms with van der Waals surface area (Å²) in [5.41, 5.74) is 3.73. The predicted octanol–water partition coefficient (Wildman–Crippen LogP) is 3.76. The number of hydrogen-bond donors (Lipinski definition) is 1. The number of aromatic amines is 1. The summed E-state index contributed by atoms with van der Waals surface area (Å²) in [5, 5.41) is 6.77. The highest BCUT2D eigenvalue weighted by Crippen LogP contribution is 2.34. The Labute approximate surface area is 182 Å². The molecule has 1 N–H and O–H groups in total. The molecule has 7 nitrogen and oxygen atoms in total. The molecule has 31 heavy (non-hydrogen) atoms. The zero-order valence-corrected chi connectivity index (χ0v) is 18.2. The largest absolute Gasteiger partial charge is 0.341 e. The van der Waals surface area contributed by atoms with Crippen LogP contribution >= 0.6 is 0 Å². The Hall–Kier alpha value is -2.83. The van der Waals surface area contributed by atoms with Crippen molar-refractivity contribution in [3.63, 3.8) is 0 Å². The van der Waals surface area contributed by atoms with Crippen LogP contribution in [0.4, 0.5) is 0 Å². The molecule has 164 valence electrons. The van der Waals surface area contributed by atoms with Gasteiger partial charge in [-0.1, -0.05) is 19.3 Å². The van der Waals surface area contributed by atoms with Crippen LogP contribution in [0.25, 0.3) is 11.0 Å². The maximum atomic E-state index is 13.4. The van der Waals surface area contributed by atoms with Gasteiger partial charge in [0.15, 0.2) is 0 Å². The van der Waals surface area contributed by atoms with E-state index in [0.717, 1.165) is 42.4 Å². The first-order valence-corrected chi connectivity index (χ1v) is 11.6. The van der Waals surface area contributed by atoms with Crippen LogP contribution in [0.5, 0.6) is 0 Å². The average Bonchev–Trinajstić information content (AvgIpc) is 3.38. The first kappa shape index (κ1) is 20.1. The Bertz CT molecular complexity index is 1120. The minimum absolute atomic E-state index is 0.0127. The fourth-order valence-corrected chi connectivity index (χ4v) is 4.87. The van der Waals surface area contributed by atoms with Gasteiger partial charge in [-0.15, -0.1) is 0 Å². The normalized spacial score (nSPS) is 17.3. The van der Waals surface area contributed by atoms with Crippen molar-refractivity contribution in [1.29, 1.82) is 0 Å². The molecule has 0 bridgehead atoms. The number of amides is 1. The Morgan fingerprint density at radius 3 is 2.68 bits per heavy atom. The van der Waals surface area contributed by atoms with Crippen LogP contribution in [0.1, 0.15) is 66.9 Å². The summed E-state index contributed by atoms with van der Waals surface area (Å²) in [5.74, 6) is 0.585. The first-order valence-electron chi connectivity index (χ1n) is 11.6. The van der Waals surface area contributed by atoms with Gasteiger partial charge in [-0.3, -0.25) is 19.0 Å². The van der Waals surface area contributed by atoms with Crippen LogP contribution in [0, 0.1) is 5.92 Å². The molecule has 2 fully saturated rings. The number of H-pyrrole nitrogens is 1. The van der Waals surface area contributed by atoms with E-state index in [0.29, 0.717) is 18.0 Å². The highest BCUT2D eigenvalue weighted by atomic mass is 16.2. The van der Waals surface area contributed by atoms with E-state index in [-0.39, 0.29) is 17.6 Å². The van der Waals surface area contributed by atoms with E-state index >= 15 is 0 Å². The molecule has 0 unspecified atom stereocenters. The maximum Gasteiger partial charge on any atom is 0.329 e. The average molecular weight is 422 g/mol. The van der Waals surface area contributed by atoms with Gasteiger partial charge < -0.3 is 4.90 Å². The summed E-state index contributed by atoms with van der Waals surface area (Å²) in [6, 6.07) is 6.10. The second-order valence-corrected chi connectivity index (χ2v) is 9.29. The molecule has 0 saturated heterocycles. The number of aromatic nitrogens is 4. The molecule has 0 aliphatic heterocycles. The lowest BCUT2D eigenvalue weighted by atomic mass is 9.95. The van der Waals surface area contributed by atoms with E-state index in [9.17, 15) is 9.59 Å². The minimum Gasteiger partial charge on any atom is -0.341 e. The third kappa shape index (κ3) is 4.05. The molecule has 2 heterocycles. The second-order valence-electron chi connectivity index (χ2n) is 9.29. The molecule has 5 rings (SSSR count). The van der Waals surface area contributed by atoms with Gasteiger partial charge in [0.25, 0.3) is 5.91 Å². The monoisotopic (exact) mass is 421 g/mol. The zero-order chi connectivity index (χ0) is 21.4. The fraction of sp³-hybridized carbons (Fsp3) is 0.542. The third-order valence-electron chi connectivity index (χ3n) is 6.92. The number of nitrogens with one attached hydrogen (secondary N) is 1. The number of likely N-dealkylation sites (N-methyl/N-ethyl adjacent to an activating group) is 1. The van der Waals surface area contributed by atoms with Gasteiger partial charge in [0.2, 0.25) is 0 Å². The molecular formula is C24H31N5O2. The van der Waals surface area contributed by atoms with E-state index in [1.807, 2.05) is 40.6 Å². The molecular weight excluding hydrogens is 390 g/mol. The molecule has 1 aromatic carbocycles. The Kier molecular flexibility index (Phi) is 5.42. The van der Waals surface area contributed by atoms with Crippen molar-refractivity contribution >= 4 is 16.9 Å². The molecule has 3 aromatic rings. The number of fused-ring (bicyclic) bond motifs is 1. The number of nitrogens with zero attached hydrogens (tertiary/aromatic N) is 4. The zero-order valence-electron chi connectivity index (χ0n) is 18.2. The number of imidazole rings is 1. The number of carbonyl (C=O) groups excluding carboxylic acids is 1. The lowest BCUT2D eigenvalue weighted by Gasteiger charge is -2.23. The van der Waals surface area contributed by atoms with Crippen LogP contribution in [0.3, 0.4) is 0 Å². The van der Waals surface area contributed by atoms with Gasteiger partial charge in [-0.25, -0.2) is 4.79 Å². The molecule has 2 aliphatic carbocycles. The van der Waals surface area contributed by atoms with Crippen LogP contribution in [-0.2, 0) is 13.0 Å². The molecule has 0 radical (unpaired) electrons. The molecule has 2 saturated carbocycles. The Morgan fingerprint density at radius 1 is 1.16 bits per heavy atom. The Balaban J connectivity index is 1.46. The SMILES string of the molecule is CN(CCc1cn[nH]c1)C(=O)c1ccc2c(c1)n(CC1CC1)c(=O)n2C1CCCCC1. The lowest BCUT2D eigenvalue weighted by molar-refractivity contribution is 0.0796. The smallest absolute Gasteiger partial charge is 0.329 e. The highest BCUT2D eigenvalue weighted by Gasteiger charge is 2.28. The van der Waals surface area contributed by atoms with Crippen molar-refractivity contribution in [2.24, 2.45) is 5.92 Å². The molecule has 0 atom stereocenters. The number of hydrogen-bond acceptors (Lipinski definition) is 3. The van der Waals surface area contributed by atoms with Crippen LogP contribution in [0.15, 0.2) is 35.4 Å². The van der Waals surface area contributed by atoms with Gasteiger partial charge in [0.05, 0.1) is 17.2 Å². The summed E-state index contributed by atoms with van der Waals surface area (Å²) in [6.07, 6.45) is 12.6. The Morgan fingerprint density at radius 2 is 1.97 bits per heavy atom. The van der Waals surface area contributed by atoms with E-state index in [1.54, 1.807) is 11.1 Å². The van der Waals surface area contributed by atoms with Crippen molar-refractivity contribution < 1.29 is 4.79 Å². The lowest BCUT2D eigenvalue weighted by Crippen LogP contribution is -2.29. The van der Waals surface area contributed by atoms with Crippen molar-refractivity contribution in [3.8, 4) is 0 Å². The third-order valence-corrected chi connectivity index (χ3v) is 6.92. The van der Waals surface area contributed by atoms with Crippen molar-refractivity contribution in [2.75, 3.05) is 13.6 Å². The summed E-state index contributed by atoms with van der Waals surface area (Å²) >= 11 is 0. The van der Waals surface area contributed by atoms with Crippen LogP contribution in [-0.4, -0.2) is 43.7 Å². The predicted molar refractivity (Wildman–Crippen MR) is 120 cm³/mol. The summed E-state index contributed by atoms with van der Waals surface area (Å²) < 4.78 is 3.96. The summed E-state index contributed by atoms with van der Waals surface area (Å²) in [6.45, 7) is 1.39. The van der Waals surface area contributed by atoms with Gasteiger partial charge in [0.1, 0.15) is 0 Å². The topological polar surface area (TPSA) is 75.9 Å². The molecule has 7 heteroatoms. The van der Waals surface area contributed by atoms with Gasteiger partial charge in [0, 0.05) is 37.9 Å². The maximum absolute atomic E-state index is 13.4. The standard InChI is InChI=1S/C24H31N5O2/c1-27(12-11-18-14-25-26-15-18)23(30)19-9-10-21-22(13-19)28(16-17-7-8-17)24(31)29(21)20-5-3-2-4-6-20/h9-10,13-15,17,20H,2-8,11-12,16H2,1H3,(H,25,26). The second kappa shape index (κ2) is 8.36. The minimum atomic E-state index is -0.0127. The van der Waals surface area contributed by atoms with Crippen molar-refractivity contribution in [1.82, 2.24) is 24.2 Å². The molecule has 2 aliphatic rings. The number of rotatable bonds is 7. The highest BCUT2D eigenvalue weighted by molar-refractivity contribution is 5.97. The van der Waals surface area contributed by atoms with Crippen LogP contribution < -0.4 is 5.69 Å². The van der Waals surface area contributed by atoms with Crippen molar-refractivity contribution in [3.05, 3.63) is 52.2 Å². The number of carbonyl (C=O) groups is 1. The van der Waals surface area contributed by atoms with E-state index < -0.39 is 0 Å². The molecule has 1 amide bonds. The summed E-state index contributed by atoms with van der Waals surface area (Å²) in [4.78, 5) is 28.3. The molecule has 0 spiro atoms. The van der Waals surface area contributed by atoms with Gasteiger partial charge in [-0.2, -0.15) is 5.10 Å².